The van der Waals surface area contributed by atoms with Gasteiger partial charge in [-0.2, -0.15) is 0 Å². The van der Waals surface area contributed by atoms with Crippen molar-refractivity contribution in [1.29, 1.82) is 0 Å². The average molecular weight is 328 g/mol. The highest BCUT2D eigenvalue weighted by Gasteiger charge is 2.31. The van der Waals surface area contributed by atoms with E-state index in [-0.39, 0.29) is 24.2 Å². The SMILES string of the molecule is Cc1cccc(NC(=O)NC2CC(=O)N(c3ccc(F)cc3)C2)n1. The molecule has 124 valence electrons. The van der Waals surface area contributed by atoms with Crippen molar-refractivity contribution in [3.8, 4) is 0 Å². The molecular formula is C17H17FN4O2. The van der Waals surface area contributed by atoms with Crippen LogP contribution in [0.2, 0.25) is 0 Å². The summed E-state index contributed by atoms with van der Waals surface area (Å²) in [6, 6.07) is 10.3. The minimum Gasteiger partial charge on any atom is -0.333 e. The summed E-state index contributed by atoms with van der Waals surface area (Å²) in [5.41, 5.74) is 1.41. The quantitative estimate of drug-likeness (QED) is 0.909. The molecule has 0 saturated carbocycles. The van der Waals surface area contributed by atoms with Crippen molar-refractivity contribution >= 4 is 23.4 Å². The van der Waals surface area contributed by atoms with Crippen LogP contribution < -0.4 is 15.5 Å². The smallest absolute Gasteiger partial charge is 0.320 e. The third-order valence-corrected chi connectivity index (χ3v) is 3.73. The van der Waals surface area contributed by atoms with E-state index in [9.17, 15) is 14.0 Å². The maximum atomic E-state index is 13.0. The van der Waals surface area contributed by atoms with Crippen LogP contribution in [0.3, 0.4) is 0 Å². The van der Waals surface area contributed by atoms with Gasteiger partial charge >= 0.3 is 6.03 Å². The number of pyridine rings is 1. The van der Waals surface area contributed by atoms with Crippen molar-refractivity contribution in [3.63, 3.8) is 0 Å². The first-order valence-electron chi connectivity index (χ1n) is 7.58. The molecule has 1 aromatic heterocycles. The number of halogens is 1. The number of hydrogen-bond acceptors (Lipinski definition) is 3. The lowest BCUT2D eigenvalue weighted by molar-refractivity contribution is -0.117. The van der Waals surface area contributed by atoms with E-state index in [1.165, 1.54) is 17.0 Å². The second-order valence-electron chi connectivity index (χ2n) is 5.64. The summed E-state index contributed by atoms with van der Waals surface area (Å²) in [5.74, 6) is -0.0158. The lowest BCUT2D eigenvalue weighted by atomic mass is 10.2. The molecule has 1 aliphatic heterocycles. The average Bonchev–Trinajstić information content (AvgIpc) is 2.88. The van der Waals surface area contributed by atoms with Crippen molar-refractivity contribution in [3.05, 3.63) is 54.0 Å². The molecule has 3 amide bonds. The summed E-state index contributed by atoms with van der Waals surface area (Å²) < 4.78 is 13.0. The first kappa shape index (κ1) is 15.9. The highest BCUT2D eigenvalue weighted by molar-refractivity contribution is 5.97. The molecule has 2 heterocycles. The van der Waals surface area contributed by atoms with E-state index in [1.807, 2.05) is 13.0 Å². The first-order chi connectivity index (χ1) is 11.5. The van der Waals surface area contributed by atoms with Crippen LogP contribution in [0.15, 0.2) is 42.5 Å². The topological polar surface area (TPSA) is 74.3 Å². The molecule has 1 unspecified atom stereocenters. The fraction of sp³-hybridized carbons (Fsp3) is 0.235. The number of nitrogens with zero attached hydrogens (tertiary/aromatic N) is 2. The van der Waals surface area contributed by atoms with Crippen LogP contribution in [0.1, 0.15) is 12.1 Å². The van der Waals surface area contributed by atoms with Crippen molar-refractivity contribution in [2.24, 2.45) is 0 Å². The highest BCUT2D eigenvalue weighted by atomic mass is 19.1. The number of carbonyl (C=O) groups excluding carboxylic acids is 2. The molecule has 1 aromatic carbocycles. The van der Waals surface area contributed by atoms with E-state index in [2.05, 4.69) is 15.6 Å². The molecular weight excluding hydrogens is 311 g/mol. The van der Waals surface area contributed by atoms with Gasteiger partial charge in [-0.1, -0.05) is 6.07 Å². The number of carbonyl (C=O) groups is 2. The second-order valence-corrected chi connectivity index (χ2v) is 5.64. The minimum absolute atomic E-state index is 0.111. The van der Waals surface area contributed by atoms with Gasteiger partial charge < -0.3 is 10.2 Å². The van der Waals surface area contributed by atoms with Gasteiger partial charge in [0, 0.05) is 24.3 Å². The van der Waals surface area contributed by atoms with Crippen LogP contribution in [-0.4, -0.2) is 29.5 Å². The normalized spacial score (nSPS) is 17.0. The van der Waals surface area contributed by atoms with Gasteiger partial charge in [0.25, 0.3) is 0 Å². The zero-order valence-electron chi connectivity index (χ0n) is 13.1. The summed E-state index contributed by atoms with van der Waals surface area (Å²) >= 11 is 0. The Labute approximate surface area is 138 Å². The van der Waals surface area contributed by atoms with Crippen LogP contribution in [0, 0.1) is 12.7 Å². The molecule has 7 heteroatoms. The van der Waals surface area contributed by atoms with Crippen LogP contribution in [0.5, 0.6) is 0 Å². The lowest BCUT2D eigenvalue weighted by Gasteiger charge is -2.17. The number of nitrogens with one attached hydrogen (secondary N) is 2. The van der Waals surface area contributed by atoms with E-state index < -0.39 is 6.03 Å². The molecule has 0 aliphatic carbocycles. The number of aromatic nitrogens is 1. The van der Waals surface area contributed by atoms with Gasteiger partial charge in [-0.15, -0.1) is 0 Å². The third kappa shape index (κ3) is 3.68. The van der Waals surface area contributed by atoms with Crippen molar-refractivity contribution in [2.75, 3.05) is 16.8 Å². The number of amides is 3. The molecule has 0 radical (unpaired) electrons. The van der Waals surface area contributed by atoms with E-state index in [0.717, 1.165) is 5.69 Å². The lowest BCUT2D eigenvalue weighted by Crippen LogP contribution is -2.39. The molecule has 0 bridgehead atoms. The number of urea groups is 1. The standard InChI is InChI=1S/C17H17FN4O2/c1-11-3-2-4-15(19-11)21-17(24)20-13-9-16(23)22(10-13)14-7-5-12(18)6-8-14/h2-8,13H,9-10H2,1H3,(H2,19,20,21,24). The fourth-order valence-corrected chi connectivity index (χ4v) is 2.63. The van der Waals surface area contributed by atoms with E-state index in [0.29, 0.717) is 18.1 Å². The van der Waals surface area contributed by atoms with Gasteiger partial charge in [-0.25, -0.2) is 14.2 Å². The van der Waals surface area contributed by atoms with Gasteiger partial charge in [0.05, 0.1) is 6.04 Å². The number of anilines is 2. The first-order valence-corrected chi connectivity index (χ1v) is 7.58. The Kier molecular flexibility index (Phi) is 4.41. The van der Waals surface area contributed by atoms with Crippen LogP contribution in [0.25, 0.3) is 0 Å². The summed E-state index contributed by atoms with van der Waals surface area (Å²) in [6.07, 6.45) is 0.200. The van der Waals surface area contributed by atoms with Crippen molar-refractivity contribution in [2.45, 2.75) is 19.4 Å². The molecule has 0 spiro atoms. The highest BCUT2D eigenvalue weighted by Crippen LogP contribution is 2.21. The monoisotopic (exact) mass is 328 g/mol. The zero-order valence-corrected chi connectivity index (χ0v) is 13.1. The Balaban J connectivity index is 1.59. The van der Waals surface area contributed by atoms with Crippen LogP contribution in [0.4, 0.5) is 20.7 Å². The number of aryl methyl sites for hydroxylation is 1. The van der Waals surface area contributed by atoms with Crippen LogP contribution >= 0.6 is 0 Å². The molecule has 1 aliphatic rings. The predicted octanol–water partition coefficient (Wildman–Crippen LogP) is 2.46. The molecule has 6 nitrogen and oxygen atoms in total. The molecule has 3 rings (SSSR count). The molecule has 24 heavy (non-hydrogen) atoms. The Morgan fingerprint density at radius 2 is 2.00 bits per heavy atom. The third-order valence-electron chi connectivity index (χ3n) is 3.73. The Hall–Kier alpha value is -2.96. The second kappa shape index (κ2) is 6.66. The van der Waals surface area contributed by atoms with E-state index in [1.54, 1.807) is 24.3 Å². The molecule has 1 saturated heterocycles. The molecule has 1 atom stereocenters. The molecule has 2 N–H and O–H groups in total. The van der Waals surface area contributed by atoms with Gasteiger partial charge in [0.1, 0.15) is 11.6 Å². The largest absolute Gasteiger partial charge is 0.333 e. The van der Waals surface area contributed by atoms with Gasteiger partial charge in [-0.05, 0) is 43.3 Å². The Morgan fingerprint density at radius 3 is 2.71 bits per heavy atom. The Morgan fingerprint density at radius 1 is 1.25 bits per heavy atom. The number of hydrogen-bond donors (Lipinski definition) is 2. The Bertz CT molecular complexity index is 763. The van der Waals surface area contributed by atoms with Crippen molar-refractivity contribution in [1.82, 2.24) is 10.3 Å². The maximum Gasteiger partial charge on any atom is 0.320 e. The van der Waals surface area contributed by atoms with E-state index in [4.69, 9.17) is 0 Å². The van der Waals surface area contributed by atoms with Crippen molar-refractivity contribution < 1.29 is 14.0 Å². The summed E-state index contributed by atoms with van der Waals surface area (Å²) in [4.78, 5) is 29.9. The summed E-state index contributed by atoms with van der Waals surface area (Å²) in [6.45, 7) is 2.18. The van der Waals surface area contributed by atoms with E-state index >= 15 is 0 Å². The fourth-order valence-electron chi connectivity index (χ4n) is 2.63. The summed E-state index contributed by atoms with van der Waals surface area (Å²) in [5, 5.41) is 5.41. The van der Waals surface area contributed by atoms with Gasteiger partial charge in [0.15, 0.2) is 0 Å². The zero-order chi connectivity index (χ0) is 17.1. The predicted molar refractivity (Wildman–Crippen MR) is 88.3 cm³/mol. The number of rotatable bonds is 3. The minimum atomic E-state index is -0.410. The molecule has 1 fully saturated rings. The van der Waals surface area contributed by atoms with Gasteiger partial charge in [0.2, 0.25) is 5.91 Å². The maximum absolute atomic E-state index is 13.0. The van der Waals surface area contributed by atoms with Crippen LogP contribution in [-0.2, 0) is 4.79 Å². The molecule has 2 aromatic rings. The number of benzene rings is 1. The van der Waals surface area contributed by atoms with Gasteiger partial charge in [-0.3, -0.25) is 10.1 Å². The summed E-state index contributed by atoms with van der Waals surface area (Å²) in [7, 11) is 0.